The van der Waals surface area contributed by atoms with Gasteiger partial charge in [-0.3, -0.25) is 4.79 Å². The van der Waals surface area contributed by atoms with Crippen LogP contribution >= 0.6 is 0 Å². The summed E-state index contributed by atoms with van der Waals surface area (Å²) < 4.78 is 47.4. The molecule has 0 aliphatic heterocycles. The molecule has 164 valence electrons. The van der Waals surface area contributed by atoms with Gasteiger partial charge in [0.2, 0.25) is 0 Å². The molecule has 0 aliphatic carbocycles. The van der Waals surface area contributed by atoms with Gasteiger partial charge in [0.05, 0.1) is 24.6 Å². The minimum absolute atomic E-state index is 0.0772. The Morgan fingerprint density at radius 2 is 1.72 bits per heavy atom. The Bertz CT molecular complexity index is 1280. The number of nitrogens with one attached hydrogen (secondary N) is 1. The van der Waals surface area contributed by atoms with Crippen LogP contribution in [0.3, 0.4) is 0 Å². The number of ether oxygens (including phenoxy) is 1. The molecule has 4 aromatic rings. The molecule has 1 N–H and O–H groups in total. The lowest BCUT2D eigenvalue weighted by molar-refractivity contribution is -0.143. The van der Waals surface area contributed by atoms with E-state index in [0.29, 0.717) is 0 Å². The fraction of sp³-hybridized carbons (Fsp3) is 0.167. The molecule has 1 aromatic heterocycles. The van der Waals surface area contributed by atoms with Gasteiger partial charge in [-0.1, -0.05) is 35.9 Å². The SMILES string of the molecule is COc1ccc2cc(CNC(=O)c3cnn(-c4ccc(C)cc4)c3C(F)(F)F)ccc2c1. The van der Waals surface area contributed by atoms with Gasteiger partial charge in [0, 0.05) is 6.54 Å². The third-order valence-corrected chi connectivity index (χ3v) is 5.13. The van der Waals surface area contributed by atoms with Gasteiger partial charge in [-0.2, -0.15) is 18.3 Å². The van der Waals surface area contributed by atoms with E-state index in [0.717, 1.165) is 38.5 Å². The van der Waals surface area contributed by atoms with Crippen molar-refractivity contribution in [3.63, 3.8) is 0 Å². The van der Waals surface area contributed by atoms with Crippen molar-refractivity contribution in [2.45, 2.75) is 19.6 Å². The lowest BCUT2D eigenvalue weighted by atomic mass is 10.1. The number of methoxy groups -OCH3 is 1. The molecule has 1 heterocycles. The van der Waals surface area contributed by atoms with Gasteiger partial charge in [-0.15, -0.1) is 0 Å². The summed E-state index contributed by atoms with van der Waals surface area (Å²) in [6.45, 7) is 1.91. The van der Waals surface area contributed by atoms with E-state index < -0.39 is 23.3 Å². The number of carbonyl (C=O) groups is 1. The van der Waals surface area contributed by atoms with Crippen LogP contribution in [0.5, 0.6) is 5.75 Å². The molecule has 0 spiro atoms. The lowest BCUT2D eigenvalue weighted by Crippen LogP contribution is -2.26. The number of aromatic nitrogens is 2. The van der Waals surface area contributed by atoms with E-state index in [1.165, 1.54) is 12.1 Å². The molecule has 8 heteroatoms. The van der Waals surface area contributed by atoms with E-state index in [2.05, 4.69) is 10.4 Å². The van der Waals surface area contributed by atoms with Crippen LogP contribution in [0.2, 0.25) is 0 Å². The average Bonchev–Trinajstić information content (AvgIpc) is 3.23. The Kier molecular flexibility index (Phi) is 5.61. The molecule has 0 aliphatic rings. The maximum Gasteiger partial charge on any atom is 0.434 e. The highest BCUT2D eigenvalue weighted by Crippen LogP contribution is 2.33. The summed E-state index contributed by atoms with van der Waals surface area (Å²) >= 11 is 0. The minimum Gasteiger partial charge on any atom is -0.497 e. The molecule has 3 aromatic carbocycles. The largest absolute Gasteiger partial charge is 0.497 e. The Labute approximate surface area is 182 Å². The third-order valence-electron chi connectivity index (χ3n) is 5.13. The van der Waals surface area contributed by atoms with Gasteiger partial charge in [0.25, 0.3) is 5.91 Å². The highest BCUT2D eigenvalue weighted by Gasteiger charge is 2.40. The highest BCUT2D eigenvalue weighted by atomic mass is 19.4. The van der Waals surface area contributed by atoms with Crippen molar-refractivity contribution in [3.05, 3.63) is 89.2 Å². The summed E-state index contributed by atoms with van der Waals surface area (Å²) in [5.74, 6) is -0.116. The third kappa shape index (κ3) is 4.30. The predicted molar refractivity (Wildman–Crippen MR) is 115 cm³/mol. The first kappa shape index (κ1) is 21.4. The number of hydrogen-bond donors (Lipinski definition) is 1. The fourth-order valence-electron chi connectivity index (χ4n) is 3.46. The Morgan fingerprint density at radius 1 is 1.03 bits per heavy atom. The van der Waals surface area contributed by atoms with E-state index in [1.807, 2.05) is 43.3 Å². The first-order chi connectivity index (χ1) is 15.3. The fourth-order valence-corrected chi connectivity index (χ4v) is 3.46. The van der Waals surface area contributed by atoms with Crippen molar-refractivity contribution in [1.82, 2.24) is 15.1 Å². The first-order valence-corrected chi connectivity index (χ1v) is 9.83. The highest BCUT2D eigenvalue weighted by molar-refractivity contribution is 5.95. The molecule has 1 amide bonds. The molecule has 0 saturated carbocycles. The number of benzene rings is 3. The second-order valence-corrected chi connectivity index (χ2v) is 7.38. The molecule has 0 radical (unpaired) electrons. The molecule has 4 rings (SSSR count). The van der Waals surface area contributed by atoms with Crippen LogP contribution in [0.15, 0.2) is 66.9 Å². The van der Waals surface area contributed by atoms with Crippen LogP contribution in [0.4, 0.5) is 13.2 Å². The lowest BCUT2D eigenvalue weighted by Gasteiger charge is -2.13. The van der Waals surface area contributed by atoms with Crippen molar-refractivity contribution < 1.29 is 22.7 Å². The predicted octanol–water partition coefficient (Wildman–Crippen LogP) is 5.29. The summed E-state index contributed by atoms with van der Waals surface area (Å²) in [4.78, 5) is 12.7. The zero-order chi connectivity index (χ0) is 22.9. The number of nitrogens with zero attached hydrogens (tertiary/aromatic N) is 2. The topological polar surface area (TPSA) is 56.1 Å². The van der Waals surface area contributed by atoms with Crippen molar-refractivity contribution >= 4 is 16.7 Å². The minimum atomic E-state index is -4.75. The summed E-state index contributed by atoms with van der Waals surface area (Å²) in [7, 11) is 1.58. The molecular formula is C24H20F3N3O2. The number of aryl methyl sites for hydroxylation is 1. The molecule has 0 saturated heterocycles. The smallest absolute Gasteiger partial charge is 0.434 e. The summed E-state index contributed by atoms with van der Waals surface area (Å²) in [5.41, 5.74) is 0.261. The van der Waals surface area contributed by atoms with Crippen molar-refractivity contribution in [3.8, 4) is 11.4 Å². The van der Waals surface area contributed by atoms with E-state index >= 15 is 0 Å². The van der Waals surface area contributed by atoms with Gasteiger partial charge < -0.3 is 10.1 Å². The van der Waals surface area contributed by atoms with Crippen LogP contribution in [0.25, 0.3) is 16.5 Å². The average molecular weight is 439 g/mol. The summed E-state index contributed by atoms with van der Waals surface area (Å²) in [5, 5.41) is 8.30. The number of carbonyl (C=O) groups excluding carboxylic acids is 1. The molecule has 32 heavy (non-hydrogen) atoms. The Balaban J connectivity index is 1.58. The number of fused-ring (bicyclic) bond motifs is 1. The van der Waals surface area contributed by atoms with Crippen LogP contribution in [0, 0.1) is 6.92 Å². The summed E-state index contributed by atoms with van der Waals surface area (Å²) in [6, 6.07) is 17.6. The molecule has 0 atom stereocenters. The van der Waals surface area contributed by atoms with Gasteiger partial charge in [-0.25, -0.2) is 4.68 Å². The van der Waals surface area contributed by atoms with Crippen molar-refractivity contribution in [2.24, 2.45) is 0 Å². The maximum atomic E-state index is 13.8. The zero-order valence-corrected chi connectivity index (χ0v) is 17.4. The zero-order valence-electron chi connectivity index (χ0n) is 17.4. The maximum absolute atomic E-state index is 13.8. The number of rotatable bonds is 5. The first-order valence-electron chi connectivity index (χ1n) is 9.83. The standard InChI is InChI=1S/C24H20F3N3O2/c1-15-3-8-19(9-4-15)30-22(24(25,26)27)21(14-29-30)23(31)28-13-16-5-6-18-12-20(32-2)10-7-17(18)11-16/h3-12,14H,13H2,1-2H3,(H,28,31). The van der Waals surface area contributed by atoms with Gasteiger partial charge >= 0.3 is 6.18 Å². The van der Waals surface area contributed by atoms with Crippen LogP contribution in [0.1, 0.15) is 27.2 Å². The molecule has 0 bridgehead atoms. The van der Waals surface area contributed by atoms with Crippen molar-refractivity contribution in [1.29, 1.82) is 0 Å². The Morgan fingerprint density at radius 3 is 2.41 bits per heavy atom. The number of halogens is 3. The van der Waals surface area contributed by atoms with E-state index in [-0.39, 0.29) is 12.2 Å². The van der Waals surface area contributed by atoms with E-state index in [1.54, 1.807) is 19.2 Å². The molecule has 0 fully saturated rings. The number of alkyl halides is 3. The van der Waals surface area contributed by atoms with Crippen molar-refractivity contribution in [2.75, 3.05) is 7.11 Å². The quantitative estimate of drug-likeness (QED) is 0.460. The monoisotopic (exact) mass is 439 g/mol. The summed E-state index contributed by atoms with van der Waals surface area (Å²) in [6.07, 6.45) is -3.80. The molecule has 5 nitrogen and oxygen atoms in total. The Hall–Kier alpha value is -3.81. The molecule has 0 unspecified atom stereocenters. The van der Waals surface area contributed by atoms with Gasteiger partial charge in [-0.05, 0) is 53.6 Å². The van der Waals surface area contributed by atoms with E-state index in [4.69, 9.17) is 4.74 Å². The normalized spacial score (nSPS) is 11.5. The second kappa shape index (κ2) is 8.37. The van der Waals surface area contributed by atoms with Gasteiger partial charge in [0.1, 0.15) is 5.75 Å². The van der Waals surface area contributed by atoms with Crippen LogP contribution in [-0.4, -0.2) is 22.8 Å². The second-order valence-electron chi connectivity index (χ2n) is 7.38. The van der Waals surface area contributed by atoms with E-state index in [9.17, 15) is 18.0 Å². The van der Waals surface area contributed by atoms with Crippen LogP contribution < -0.4 is 10.1 Å². The molecular weight excluding hydrogens is 419 g/mol. The number of amides is 1. The van der Waals surface area contributed by atoms with Gasteiger partial charge in [0.15, 0.2) is 5.69 Å². The number of hydrogen-bond acceptors (Lipinski definition) is 3. The van der Waals surface area contributed by atoms with Crippen LogP contribution in [-0.2, 0) is 12.7 Å².